The second-order valence-corrected chi connectivity index (χ2v) is 10.5. The summed E-state index contributed by atoms with van der Waals surface area (Å²) in [5, 5.41) is 0. The first kappa shape index (κ1) is 19.9. The van der Waals surface area contributed by atoms with Gasteiger partial charge in [0.1, 0.15) is 0 Å². The van der Waals surface area contributed by atoms with Gasteiger partial charge < -0.3 is 18.8 Å². The molecule has 1 aliphatic carbocycles. The summed E-state index contributed by atoms with van der Waals surface area (Å²) in [4.78, 5) is 0. The molecule has 0 radical (unpaired) electrons. The first-order valence-corrected chi connectivity index (χ1v) is 11.2. The van der Waals surface area contributed by atoms with E-state index >= 15 is 0 Å². The van der Waals surface area contributed by atoms with Crippen LogP contribution in [0.4, 0.5) is 0 Å². The molecule has 5 heteroatoms. The van der Waals surface area contributed by atoms with E-state index in [0.717, 1.165) is 22.5 Å². The summed E-state index contributed by atoms with van der Waals surface area (Å²) in [6, 6.07) is 18.6. The van der Waals surface area contributed by atoms with Gasteiger partial charge in [0.2, 0.25) is 0 Å². The molecule has 6 rings (SSSR count). The lowest BCUT2D eigenvalue weighted by Crippen LogP contribution is -2.41. The fraction of sp³-hybridized carbons (Fsp3) is 0.333. The Hall–Kier alpha value is -2.76. The first-order chi connectivity index (χ1) is 15.1. The van der Waals surface area contributed by atoms with Crippen LogP contribution in [-0.2, 0) is 14.7 Å². The third kappa shape index (κ3) is 2.52. The lowest BCUT2D eigenvalue weighted by molar-refractivity contribution is 0.00578. The fourth-order valence-electron chi connectivity index (χ4n) is 5.02. The van der Waals surface area contributed by atoms with Crippen molar-refractivity contribution in [3.63, 3.8) is 0 Å². The van der Waals surface area contributed by atoms with Gasteiger partial charge in [0.25, 0.3) is 0 Å². The summed E-state index contributed by atoms with van der Waals surface area (Å²) in [6.45, 7) is 12.7. The van der Waals surface area contributed by atoms with E-state index in [2.05, 4.69) is 71.9 Å². The number of hydrogen-bond donors (Lipinski definition) is 0. The lowest BCUT2D eigenvalue weighted by Gasteiger charge is -2.32. The predicted octanol–water partition coefficient (Wildman–Crippen LogP) is 6.19. The number of benzene rings is 3. The van der Waals surface area contributed by atoms with Crippen LogP contribution in [0.15, 0.2) is 54.6 Å². The van der Waals surface area contributed by atoms with E-state index in [0.29, 0.717) is 11.5 Å². The van der Waals surface area contributed by atoms with E-state index in [1.807, 2.05) is 24.3 Å². The Morgan fingerprint density at radius 3 is 2.06 bits per heavy atom. The van der Waals surface area contributed by atoms with Crippen molar-refractivity contribution < 1.29 is 18.8 Å². The van der Waals surface area contributed by atoms with Crippen LogP contribution in [0.2, 0.25) is 0 Å². The Morgan fingerprint density at radius 2 is 1.31 bits per heavy atom. The maximum atomic E-state index is 6.67. The molecule has 0 N–H and O–H groups in total. The molecule has 0 amide bonds. The highest BCUT2D eigenvalue weighted by atomic mass is 16.7. The molecule has 0 saturated carbocycles. The average molecular weight is 426 g/mol. The summed E-state index contributed by atoms with van der Waals surface area (Å²) >= 11 is 0. The number of rotatable bonds is 1. The zero-order valence-electron chi connectivity index (χ0n) is 19.4. The lowest BCUT2D eigenvalue weighted by atomic mass is 9.78. The smallest absolute Gasteiger partial charge is 0.450 e. The number of fused-ring (bicyclic) bond motifs is 6. The second-order valence-electron chi connectivity index (χ2n) is 10.5. The molecular formula is C27H27BO4. The van der Waals surface area contributed by atoms with Crippen LogP contribution < -0.4 is 14.9 Å². The van der Waals surface area contributed by atoms with Gasteiger partial charge in [0.05, 0.1) is 11.2 Å². The van der Waals surface area contributed by atoms with Crippen molar-refractivity contribution >= 4 is 12.6 Å². The van der Waals surface area contributed by atoms with Crippen LogP contribution in [0.3, 0.4) is 0 Å². The molecule has 0 spiro atoms. The Balaban J connectivity index is 1.49. The van der Waals surface area contributed by atoms with E-state index in [1.165, 1.54) is 16.7 Å². The van der Waals surface area contributed by atoms with E-state index in [-0.39, 0.29) is 5.41 Å². The normalized spacial score (nSPS) is 20.5. The summed E-state index contributed by atoms with van der Waals surface area (Å²) in [7, 11) is -0.527. The van der Waals surface area contributed by atoms with Crippen molar-refractivity contribution in [2.45, 2.75) is 58.2 Å². The van der Waals surface area contributed by atoms with Crippen LogP contribution in [0, 0.1) is 0 Å². The quantitative estimate of drug-likeness (QED) is 0.340. The van der Waals surface area contributed by atoms with Crippen molar-refractivity contribution in [2.24, 2.45) is 0 Å². The van der Waals surface area contributed by atoms with Crippen molar-refractivity contribution in [1.29, 1.82) is 0 Å². The van der Waals surface area contributed by atoms with Gasteiger partial charge in [-0.2, -0.15) is 0 Å². The third-order valence-electron chi connectivity index (χ3n) is 7.61. The Labute approximate surface area is 189 Å². The SMILES string of the molecule is CC1(C)c2ccccc2-c2c1ccc1c2Oc2c(cccc2B2OC(C)(C)C(C)(C)O2)O1. The molecule has 162 valence electrons. The largest absolute Gasteiger partial charge is 0.498 e. The highest BCUT2D eigenvalue weighted by Crippen LogP contribution is 2.58. The molecule has 0 unspecified atom stereocenters. The molecule has 0 atom stereocenters. The van der Waals surface area contributed by atoms with Crippen molar-refractivity contribution in [3.8, 4) is 34.1 Å². The molecule has 1 fully saturated rings. The van der Waals surface area contributed by atoms with Crippen LogP contribution in [0.1, 0.15) is 52.7 Å². The first-order valence-electron chi connectivity index (χ1n) is 11.2. The number of hydrogen-bond acceptors (Lipinski definition) is 4. The van der Waals surface area contributed by atoms with Crippen molar-refractivity contribution in [3.05, 3.63) is 65.7 Å². The molecule has 2 heterocycles. The molecule has 3 aromatic rings. The zero-order valence-corrected chi connectivity index (χ0v) is 19.4. The summed E-state index contributed by atoms with van der Waals surface area (Å²) in [5.74, 6) is 2.83. The van der Waals surface area contributed by atoms with Gasteiger partial charge in [-0.25, -0.2) is 0 Å². The maximum Gasteiger partial charge on any atom is 0.498 e. The Morgan fingerprint density at radius 1 is 0.625 bits per heavy atom. The summed E-state index contributed by atoms with van der Waals surface area (Å²) in [6.07, 6.45) is 0. The minimum Gasteiger partial charge on any atom is -0.450 e. The number of ether oxygens (including phenoxy) is 2. The molecule has 1 saturated heterocycles. The molecule has 0 bridgehead atoms. The van der Waals surface area contributed by atoms with E-state index in [4.69, 9.17) is 18.8 Å². The Kier molecular flexibility index (Phi) is 3.84. The zero-order chi connectivity index (χ0) is 22.5. The fourth-order valence-corrected chi connectivity index (χ4v) is 5.02. The predicted molar refractivity (Wildman–Crippen MR) is 126 cm³/mol. The number of para-hydroxylation sites is 1. The van der Waals surface area contributed by atoms with E-state index in [1.54, 1.807) is 0 Å². The molecule has 4 nitrogen and oxygen atoms in total. The molecule has 0 aromatic heterocycles. The van der Waals surface area contributed by atoms with E-state index in [9.17, 15) is 0 Å². The molecule has 2 aliphatic heterocycles. The minimum atomic E-state index is -0.527. The summed E-state index contributed by atoms with van der Waals surface area (Å²) < 4.78 is 25.7. The highest BCUT2D eigenvalue weighted by molar-refractivity contribution is 6.63. The van der Waals surface area contributed by atoms with Crippen LogP contribution in [0.25, 0.3) is 11.1 Å². The van der Waals surface area contributed by atoms with Gasteiger partial charge >= 0.3 is 7.12 Å². The van der Waals surface area contributed by atoms with Gasteiger partial charge in [-0.05, 0) is 56.5 Å². The maximum absolute atomic E-state index is 6.67. The van der Waals surface area contributed by atoms with Gasteiger partial charge in [-0.1, -0.05) is 56.3 Å². The van der Waals surface area contributed by atoms with Crippen LogP contribution in [-0.4, -0.2) is 18.3 Å². The van der Waals surface area contributed by atoms with Gasteiger partial charge in [0, 0.05) is 16.4 Å². The molecule has 32 heavy (non-hydrogen) atoms. The standard InChI is InChI=1S/C27H27BO4/c1-25(2)17-11-8-7-10-16(17)22-18(25)14-15-21-24(22)30-23-19(12-9-13-20(23)29-21)28-31-26(3,4)27(5,6)32-28/h7-15H,1-6H3. The third-order valence-corrected chi connectivity index (χ3v) is 7.61. The van der Waals surface area contributed by atoms with Crippen LogP contribution >= 0.6 is 0 Å². The van der Waals surface area contributed by atoms with Crippen molar-refractivity contribution in [1.82, 2.24) is 0 Å². The average Bonchev–Trinajstić information content (AvgIpc) is 3.11. The van der Waals surface area contributed by atoms with Gasteiger partial charge in [0.15, 0.2) is 23.0 Å². The molecule has 3 aliphatic rings. The second kappa shape index (κ2) is 6.18. The van der Waals surface area contributed by atoms with Crippen molar-refractivity contribution in [2.75, 3.05) is 0 Å². The topological polar surface area (TPSA) is 36.9 Å². The highest BCUT2D eigenvalue weighted by Gasteiger charge is 2.53. The summed E-state index contributed by atoms with van der Waals surface area (Å²) in [5.41, 5.74) is 4.73. The van der Waals surface area contributed by atoms with E-state index < -0.39 is 18.3 Å². The molecular weight excluding hydrogens is 399 g/mol. The van der Waals surface area contributed by atoms with Gasteiger partial charge in [-0.15, -0.1) is 0 Å². The van der Waals surface area contributed by atoms with Crippen LogP contribution in [0.5, 0.6) is 23.0 Å². The molecule has 3 aromatic carbocycles. The Bertz CT molecular complexity index is 1260. The van der Waals surface area contributed by atoms with Gasteiger partial charge in [-0.3, -0.25) is 0 Å². The monoisotopic (exact) mass is 426 g/mol. The minimum absolute atomic E-state index is 0.101.